The highest BCUT2D eigenvalue weighted by Crippen LogP contribution is 2.06. The Balaban J connectivity index is 0.000000180. The minimum Gasteiger partial charge on any atom is -0.334 e. The van der Waals surface area contributed by atoms with Gasteiger partial charge in [-0.05, 0) is 20.8 Å². The lowest BCUT2D eigenvalue weighted by atomic mass is 10.1. The number of H-pyrrole nitrogens is 1. The molecule has 1 aromatic heterocycles. The number of aromatic amines is 1. The molecule has 0 amide bonds. The first-order valence-corrected chi connectivity index (χ1v) is 6.65. The molecule has 18 heavy (non-hydrogen) atoms. The van der Waals surface area contributed by atoms with Crippen molar-refractivity contribution in [3.63, 3.8) is 0 Å². The van der Waals surface area contributed by atoms with E-state index in [1.807, 2.05) is 0 Å². The summed E-state index contributed by atoms with van der Waals surface area (Å²) in [4.78, 5) is 2.56. The molecule has 0 bridgehead atoms. The zero-order chi connectivity index (χ0) is 13.7. The number of hydrogen-bond donors (Lipinski definition) is 1. The van der Waals surface area contributed by atoms with E-state index in [0.717, 1.165) is 0 Å². The van der Waals surface area contributed by atoms with E-state index in [0.29, 0.717) is 0 Å². The molecule has 0 spiro atoms. The molecule has 0 saturated heterocycles. The van der Waals surface area contributed by atoms with Gasteiger partial charge in [0.25, 0.3) is 10.3 Å². The number of nitrogens with one attached hydrogen (secondary N) is 1. The van der Waals surface area contributed by atoms with Gasteiger partial charge in [0.2, 0.25) is 4.77 Å². The van der Waals surface area contributed by atoms with E-state index in [-0.39, 0.29) is 4.77 Å². The van der Waals surface area contributed by atoms with E-state index in [1.54, 1.807) is 19.4 Å². The average Bonchev–Trinajstić information content (AvgIpc) is 2.62. The first-order valence-electron chi connectivity index (χ1n) is 5.57. The van der Waals surface area contributed by atoms with Crippen LogP contribution in [0.25, 0.3) is 0 Å². The third-order valence-corrected chi connectivity index (χ3v) is 3.07. The molecular formula is C13H18N2O2S. The van der Waals surface area contributed by atoms with Crippen LogP contribution >= 0.6 is 0 Å². The predicted octanol–water partition coefficient (Wildman–Crippen LogP) is 2.38. The summed E-state index contributed by atoms with van der Waals surface area (Å²) in [6.45, 7) is 6.38. The van der Waals surface area contributed by atoms with Crippen LogP contribution in [0.5, 0.6) is 0 Å². The second-order valence-electron chi connectivity index (χ2n) is 4.28. The topological polar surface area (TPSA) is 54.9 Å². The molecule has 2 rings (SSSR count). The third kappa shape index (κ3) is 4.25. The smallest absolute Gasteiger partial charge is 0.256 e. The van der Waals surface area contributed by atoms with Crippen molar-refractivity contribution in [2.24, 2.45) is 7.05 Å². The Morgan fingerprint density at radius 1 is 1.00 bits per heavy atom. The molecule has 1 N–H and O–H groups in total. The molecule has 0 saturated carbocycles. The van der Waals surface area contributed by atoms with E-state index in [9.17, 15) is 8.42 Å². The summed E-state index contributed by atoms with van der Waals surface area (Å²) in [7, 11) is -0.498. The third-order valence-electron chi connectivity index (χ3n) is 2.35. The zero-order valence-electron chi connectivity index (χ0n) is 11.1. The zero-order valence-corrected chi connectivity index (χ0v) is 11.9. The highest BCUT2D eigenvalue weighted by Gasteiger charge is 1.87. The predicted molar refractivity (Wildman–Crippen MR) is 72.6 cm³/mol. The van der Waals surface area contributed by atoms with Gasteiger partial charge in [-0.25, -0.2) is 0 Å². The SMILES string of the molecule is Cc1cc(C)cc(C)c1.Cn1cc[nH]c1=S(=O)=O. The molecule has 2 aromatic rings. The minimum atomic E-state index is -2.15. The molecule has 0 aliphatic heterocycles. The van der Waals surface area contributed by atoms with Gasteiger partial charge in [-0.2, -0.15) is 8.42 Å². The molecule has 1 aromatic carbocycles. The fourth-order valence-electron chi connectivity index (χ4n) is 1.76. The highest BCUT2D eigenvalue weighted by atomic mass is 32.2. The number of benzene rings is 1. The first-order chi connectivity index (χ1) is 8.40. The Kier molecular flexibility index (Phi) is 4.97. The van der Waals surface area contributed by atoms with Crippen LogP contribution in [0.1, 0.15) is 16.7 Å². The van der Waals surface area contributed by atoms with Crippen LogP contribution in [0.3, 0.4) is 0 Å². The van der Waals surface area contributed by atoms with Gasteiger partial charge in [0.05, 0.1) is 0 Å². The van der Waals surface area contributed by atoms with Crippen molar-refractivity contribution in [3.05, 3.63) is 52.1 Å². The normalized spacial score (nSPS) is 9.56. The van der Waals surface area contributed by atoms with Crippen molar-refractivity contribution < 1.29 is 8.42 Å². The Morgan fingerprint density at radius 3 is 1.67 bits per heavy atom. The molecule has 0 radical (unpaired) electrons. The first kappa shape index (κ1) is 14.3. The Hall–Kier alpha value is -1.75. The number of nitrogens with zero attached hydrogens (tertiary/aromatic N) is 1. The summed E-state index contributed by atoms with van der Waals surface area (Å²) in [6, 6.07) is 6.56. The number of aromatic nitrogens is 2. The summed E-state index contributed by atoms with van der Waals surface area (Å²) in [5.74, 6) is 0. The summed E-state index contributed by atoms with van der Waals surface area (Å²) in [6.07, 6.45) is 3.19. The van der Waals surface area contributed by atoms with Crippen molar-refractivity contribution in [3.8, 4) is 0 Å². The number of hydrogen-bond acceptors (Lipinski definition) is 2. The van der Waals surface area contributed by atoms with Gasteiger partial charge in [0.15, 0.2) is 0 Å². The lowest BCUT2D eigenvalue weighted by Gasteiger charge is -1.96. The maximum absolute atomic E-state index is 10.2. The van der Waals surface area contributed by atoms with Gasteiger partial charge in [0.1, 0.15) is 0 Å². The van der Waals surface area contributed by atoms with Gasteiger partial charge in [-0.3, -0.25) is 0 Å². The molecule has 4 nitrogen and oxygen atoms in total. The maximum Gasteiger partial charge on any atom is 0.256 e. The van der Waals surface area contributed by atoms with Gasteiger partial charge in [-0.15, -0.1) is 0 Å². The van der Waals surface area contributed by atoms with Crippen molar-refractivity contribution in [2.45, 2.75) is 20.8 Å². The molecular weight excluding hydrogens is 248 g/mol. The van der Waals surface area contributed by atoms with Crippen LogP contribution in [0.4, 0.5) is 0 Å². The molecule has 0 fully saturated rings. The maximum atomic E-state index is 10.2. The van der Waals surface area contributed by atoms with Crippen LogP contribution in [-0.4, -0.2) is 18.0 Å². The summed E-state index contributed by atoms with van der Waals surface area (Å²) >= 11 is 0. The van der Waals surface area contributed by atoms with Crippen LogP contribution < -0.4 is 0 Å². The molecule has 5 heteroatoms. The molecule has 0 atom stereocenters. The van der Waals surface area contributed by atoms with Gasteiger partial charge in [-0.1, -0.05) is 34.9 Å². The fraction of sp³-hybridized carbons (Fsp3) is 0.308. The Morgan fingerprint density at radius 2 is 1.44 bits per heavy atom. The summed E-state index contributed by atoms with van der Waals surface area (Å²) < 4.78 is 22.1. The molecule has 0 aliphatic rings. The quantitative estimate of drug-likeness (QED) is 0.744. The standard InChI is InChI=1S/C9H12.C4H6N2O2S/c1-7-4-8(2)6-9(3)5-7;1-6-3-2-5-4(6)9(7)8/h4-6H,1-3H3;2-3,5H,1H3. The van der Waals surface area contributed by atoms with Gasteiger partial charge >= 0.3 is 0 Å². The summed E-state index contributed by atoms with van der Waals surface area (Å²) in [5.41, 5.74) is 4.06. The van der Waals surface area contributed by atoms with Crippen LogP contribution in [-0.2, 0) is 17.3 Å². The second-order valence-corrected chi connectivity index (χ2v) is 5.13. The van der Waals surface area contributed by atoms with Crippen molar-refractivity contribution in [2.75, 3.05) is 0 Å². The molecule has 0 unspecified atom stereocenters. The molecule has 0 aliphatic carbocycles. The average molecular weight is 266 g/mol. The van der Waals surface area contributed by atoms with E-state index in [2.05, 4.69) is 44.0 Å². The molecule has 1 heterocycles. The van der Waals surface area contributed by atoms with Crippen LogP contribution in [0.2, 0.25) is 0 Å². The Bertz CT molecular complexity index is 635. The number of rotatable bonds is 0. The van der Waals surface area contributed by atoms with E-state index in [1.165, 1.54) is 21.3 Å². The van der Waals surface area contributed by atoms with E-state index < -0.39 is 10.3 Å². The fourth-order valence-corrected chi connectivity index (χ4v) is 2.22. The van der Waals surface area contributed by atoms with Gasteiger partial charge in [0, 0.05) is 19.4 Å². The molecule has 98 valence electrons. The summed E-state index contributed by atoms with van der Waals surface area (Å²) in [5, 5.41) is 0. The van der Waals surface area contributed by atoms with Crippen LogP contribution in [0, 0.1) is 25.5 Å². The highest BCUT2D eigenvalue weighted by molar-refractivity contribution is 7.63. The van der Waals surface area contributed by atoms with Crippen molar-refractivity contribution in [1.29, 1.82) is 0 Å². The Labute approximate surface area is 108 Å². The van der Waals surface area contributed by atoms with Crippen LogP contribution in [0.15, 0.2) is 30.6 Å². The lowest BCUT2D eigenvalue weighted by Crippen LogP contribution is -1.85. The van der Waals surface area contributed by atoms with E-state index >= 15 is 0 Å². The number of imidazole rings is 1. The minimum absolute atomic E-state index is 0.190. The van der Waals surface area contributed by atoms with E-state index in [4.69, 9.17) is 0 Å². The number of aryl methyl sites for hydroxylation is 4. The lowest BCUT2D eigenvalue weighted by molar-refractivity contribution is 0.621. The van der Waals surface area contributed by atoms with Crippen molar-refractivity contribution >= 4 is 10.3 Å². The largest absolute Gasteiger partial charge is 0.334 e. The van der Waals surface area contributed by atoms with Crippen molar-refractivity contribution in [1.82, 2.24) is 9.55 Å². The second kappa shape index (κ2) is 6.26. The van der Waals surface area contributed by atoms with Gasteiger partial charge < -0.3 is 9.55 Å². The monoisotopic (exact) mass is 266 g/mol.